The Morgan fingerprint density at radius 1 is 0.882 bits per heavy atom. The summed E-state index contributed by atoms with van der Waals surface area (Å²) in [5.74, 6) is -5.18. The van der Waals surface area contributed by atoms with Gasteiger partial charge in [-0.05, 0) is 18.2 Å². The van der Waals surface area contributed by atoms with Crippen LogP contribution >= 0.6 is 0 Å². The Labute approximate surface area is 183 Å². The molecule has 0 spiro atoms. The maximum Gasteiger partial charge on any atom is 0.419 e. The minimum atomic E-state index is -5.04. The molecular weight excluding hydrogens is 481 g/mol. The van der Waals surface area contributed by atoms with Crippen molar-refractivity contribution in [3.63, 3.8) is 0 Å². The molecule has 4 rings (SSSR count). The van der Waals surface area contributed by atoms with E-state index in [2.05, 4.69) is 9.97 Å². The summed E-state index contributed by atoms with van der Waals surface area (Å²) in [7, 11) is 0. The van der Waals surface area contributed by atoms with E-state index in [9.17, 15) is 44.6 Å². The van der Waals surface area contributed by atoms with E-state index in [1.807, 2.05) is 0 Å². The van der Waals surface area contributed by atoms with Gasteiger partial charge >= 0.3 is 12.4 Å². The van der Waals surface area contributed by atoms with Gasteiger partial charge in [-0.3, -0.25) is 9.38 Å². The second kappa shape index (κ2) is 7.92. The number of halogens is 9. The molecule has 0 fully saturated rings. The third-order valence-electron chi connectivity index (χ3n) is 4.78. The summed E-state index contributed by atoms with van der Waals surface area (Å²) >= 11 is 0. The third-order valence-corrected chi connectivity index (χ3v) is 4.78. The number of hydrogen-bond donors (Lipinski definition) is 1. The van der Waals surface area contributed by atoms with Crippen molar-refractivity contribution in [3.05, 3.63) is 71.4 Å². The number of fused-ring (bicyclic) bond motifs is 1. The van der Waals surface area contributed by atoms with Crippen LogP contribution in [0.2, 0.25) is 0 Å². The van der Waals surface area contributed by atoms with Crippen LogP contribution < -0.4 is 0 Å². The molecule has 2 aromatic carbocycles. The minimum Gasteiger partial charge on any atom is -0.508 e. The fraction of sp³-hybridized carbons (Fsp3) is 0.143. The van der Waals surface area contributed by atoms with Gasteiger partial charge in [0.1, 0.15) is 23.2 Å². The number of nitrogens with zero attached hydrogens (tertiary/aromatic N) is 3. The van der Waals surface area contributed by atoms with E-state index in [1.54, 1.807) is 0 Å². The van der Waals surface area contributed by atoms with Crippen LogP contribution in [0.5, 0.6) is 5.75 Å². The van der Waals surface area contributed by atoms with Crippen LogP contribution in [0.4, 0.5) is 39.5 Å². The van der Waals surface area contributed by atoms with Crippen LogP contribution in [0.15, 0.2) is 42.7 Å². The summed E-state index contributed by atoms with van der Waals surface area (Å²) in [6, 6.07) is 2.89. The molecule has 178 valence electrons. The summed E-state index contributed by atoms with van der Waals surface area (Å²) in [6.45, 7) is 0. The lowest BCUT2D eigenvalue weighted by Gasteiger charge is -2.12. The van der Waals surface area contributed by atoms with Crippen molar-refractivity contribution in [2.24, 2.45) is 0 Å². The van der Waals surface area contributed by atoms with Gasteiger partial charge in [0, 0.05) is 23.9 Å². The van der Waals surface area contributed by atoms with Crippen LogP contribution in [0.25, 0.3) is 28.2 Å². The quantitative estimate of drug-likeness (QED) is 0.342. The first-order chi connectivity index (χ1) is 15.7. The molecule has 4 aromatic rings. The van der Waals surface area contributed by atoms with Gasteiger partial charge < -0.3 is 5.11 Å². The monoisotopic (exact) mass is 491 g/mol. The van der Waals surface area contributed by atoms with E-state index in [1.165, 1.54) is 0 Å². The molecule has 0 aliphatic rings. The first kappa shape index (κ1) is 23.4. The Balaban J connectivity index is 1.99. The second-order valence-corrected chi connectivity index (χ2v) is 7.18. The van der Waals surface area contributed by atoms with Crippen molar-refractivity contribution in [1.82, 2.24) is 14.4 Å². The number of alkyl halides is 6. The van der Waals surface area contributed by atoms with Crippen molar-refractivity contribution in [1.29, 1.82) is 0 Å². The number of aromatic hydroxyl groups is 1. The maximum absolute atomic E-state index is 14.6. The zero-order chi connectivity index (χ0) is 25.0. The Morgan fingerprint density at radius 2 is 1.53 bits per heavy atom. The molecule has 0 saturated heterocycles. The van der Waals surface area contributed by atoms with Crippen molar-refractivity contribution >= 4 is 5.65 Å². The van der Waals surface area contributed by atoms with Gasteiger partial charge in [-0.2, -0.15) is 26.3 Å². The molecule has 0 aliphatic heterocycles. The zero-order valence-corrected chi connectivity index (χ0v) is 16.4. The fourth-order valence-corrected chi connectivity index (χ4v) is 3.42. The Bertz CT molecular complexity index is 1380. The van der Waals surface area contributed by atoms with E-state index in [0.29, 0.717) is 24.3 Å². The molecule has 0 unspecified atom stereocenters. The molecule has 0 atom stereocenters. The number of aromatic nitrogens is 3. The van der Waals surface area contributed by atoms with Crippen molar-refractivity contribution < 1.29 is 44.6 Å². The number of imidazole rings is 1. The number of benzene rings is 2. The van der Waals surface area contributed by atoms with Crippen LogP contribution in [0.1, 0.15) is 11.3 Å². The molecule has 13 heteroatoms. The lowest BCUT2D eigenvalue weighted by atomic mass is 10.1. The minimum absolute atomic E-state index is 0.265. The number of hydrogen-bond acceptors (Lipinski definition) is 3. The second-order valence-electron chi connectivity index (χ2n) is 7.18. The van der Waals surface area contributed by atoms with E-state index in [-0.39, 0.29) is 16.9 Å². The van der Waals surface area contributed by atoms with Gasteiger partial charge in [-0.1, -0.05) is 0 Å². The molecule has 0 radical (unpaired) electrons. The molecule has 0 bridgehead atoms. The summed E-state index contributed by atoms with van der Waals surface area (Å²) in [5, 5.41) is 9.38. The normalized spacial score (nSPS) is 12.5. The molecular formula is C21H10F9N3O. The Hall–Kier alpha value is -3.77. The first-order valence-electron chi connectivity index (χ1n) is 9.24. The predicted molar refractivity (Wildman–Crippen MR) is 100 cm³/mol. The molecule has 4 nitrogen and oxygen atoms in total. The first-order valence-corrected chi connectivity index (χ1v) is 9.24. The predicted octanol–water partition coefficient (Wildman–Crippen LogP) is 6.31. The lowest BCUT2D eigenvalue weighted by molar-refractivity contribution is -0.140. The van der Waals surface area contributed by atoms with Crippen molar-refractivity contribution in [2.75, 3.05) is 0 Å². The maximum atomic E-state index is 14.6. The summed E-state index contributed by atoms with van der Waals surface area (Å²) < 4.78 is 122. The highest BCUT2D eigenvalue weighted by atomic mass is 19.4. The number of phenolic OH excluding ortho intramolecular Hbond substituents is 1. The average molecular weight is 491 g/mol. The van der Waals surface area contributed by atoms with E-state index in [4.69, 9.17) is 0 Å². The standard InChI is InChI=1S/C21H10F9N3O/c22-12-2-1-9(3-11(12)21(28,29)30)16-8-33-17(7-31-16)32-15(6-20(25,26)27)19(33)18-13(23)4-10(34)5-14(18)24/h1-5,7-8,34H,6H2. The highest BCUT2D eigenvalue weighted by Gasteiger charge is 2.35. The smallest absolute Gasteiger partial charge is 0.419 e. The summed E-state index contributed by atoms with van der Waals surface area (Å²) in [5.41, 5.74) is -4.84. The highest BCUT2D eigenvalue weighted by molar-refractivity contribution is 5.71. The fourth-order valence-electron chi connectivity index (χ4n) is 3.42. The van der Waals surface area contributed by atoms with Crippen molar-refractivity contribution in [3.8, 4) is 28.3 Å². The summed E-state index contributed by atoms with van der Waals surface area (Å²) in [4.78, 5) is 7.58. The van der Waals surface area contributed by atoms with E-state index in [0.717, 1.165) is 22.9 Å². The Kier molecular flexibility index (Phi) is 5.45. The number of rotatable bonds is 3. The molecule has 0 aliphatic carbocycles. The summed E-state index contributed by atoms with van der Waals surface area (Å²) in [6.07, 6.45) is -9.73. The van der Waals surface area contributed by atoms with Crippen LogP contribution in [-0.2, 0) is 12.6 Å². The van der Waals surface area contributed by atoms with Crippen LogP contribution in [0, 0.1) is 17.5 Å². The van der Waals surface area contributed by atoms with Crippen molar-refractivity contribution in [2.45, 2.75) is 18.8 Å². The molecule has 1 N–H and O–H groups in total. The van der Waals surface area contributed by atoms with Gasteiger partial charge in [-0.25, -0.2) is 18.2 Å². The van der Waals surface area contributed by atoms with Crippen LogP contribution in [-0.4, -0.2) is 25.7 Å². The highest BCUT2D eigenvalue weighted by Crippen LogP contribution is 2.37. The molecule has 0 amide bonds. The van der Waals surface area contributed by atoms with Gasteiger partial charge in [0.15, 0.2) is 5.65 Å². The molecule has 0 saturated carbocycles. The molecule has 34 heavy (non-hydrogen) atoms. The average Bonchev–Trinajstić information content (AvgIpc) is 3.02. The van der Waals surface area contributed by atoms with E-state index >= 15 is 0 Å². The third kappa shape index (κ3) is 4.37. The van der Waals surface area contributed by atoms with Gasteiger partial charge in [0.2, 0.25) is 0 Å². The molecule has 2 aromatic heterocycles. The van der Waals surface area contributed by atoms with Crippen LogP contribution in [0.3, 0.4) is 0 Å². The topological polar surface area (TPSA) is 50.4 Å². The zero-order valence-electron chi connectivity index (χ0n) is 16.4. The van der Waals surface area contributed by atoms with Gasteiger partial charge in [-0.15, -0.1) is 0 Å². The van der Waals surface area contributed by atoms with Gasteiger partial charge in [0.25, 0.3) is 0 Å². The largest absolute Gasteiger partial charge is 0.508 e. The molecule has 2 heterocycles. The number of phenols is 1. The van der Waals surface area contributed by atoms with Gasteiger partial charge in [0.05, 0.1) is 40.8 Å². The SMILES string of the molecule is Oc1cc(F)c(-c2c(CC(F)(F)F)nc3cnc(-c4ccc(F)c(C(F)(F)F)c4)cn23)c(F)c1. The lowest BCUT2D eigenvalue weighted by Crippen LogP contribution is -2.13. The Morgan fingerprint density at radius 3 is 2.12 bits per heavy atom. The van der Waals surface area contributed by atoms with E-state index < -0.39 is 64.5 Å².